The number of anilines is 1. The van der Waals surface area contributed by atoms with Gasteiger partial charge in [0, 0.05) is 45.5 Å². The Morgan fingerprint density at radius 2 is 1.80 bits per heavy atom. The number of morpholine rings is 1. The topological polar surface area (TPSA) is 70.2 Å². The van der Waals surface area contributed by atoms with E-state index in [4.69, 9.17) is 4.74 Å². The van der Waals surface area contributed by atoms with Crippen LogP contribution in [0.5, 0.6) is 0 Å². The van der Waals surface area contributed by atoms with Crippen LogP contribution in [0.4, 0.5) is 5.69 Å². The Hall–Kier alpha value is -1.94. The third-order valence-corrected chi connectivity index (χ3v) is 8.58. The number of amides is 1. The summed E-state index contributed by atoms with van der Waals surface area (Å²) in [4.78, 5) is 17.5. The molecule has 1 aromatic heterocycles. The molecule has 2 aliphatic heterocycles. The first-order valence-electron chi connectivity index (χ1n) is 10.2. The molecule has 9 heteroatoms. The molecule has 0 bridgehead atoms. The molecule has 1 aromatic carbocycles. The van der Waals surface area contributed by atoms with Crippen LogP contribution < -0.4 is 4.90 Å². The fourth-order valence-electron chi connectivity index (χ4n) is 3.98. The lowest BCUT2D eigenvalue weighted by Gasteiger charge is -2.31. The number of sulfonamides is 1. The molecule has 0 atom stereocenters. The van der Waals surface area contributed by atoms with E-state index in [1.807, 2.05) is 18.2 Å². The maximum Gasteiger partial charge on any atom is 0.265 e. The second kappa shape index (κ2) is 9.05. The van der Waals surface area contributed by atoms with Gasteiger partial charge in [0.25, 0.3) is 5.91 Å². The minimum absolute atomic E-state index is 0.132. The Morgan fingerprint density at radius 1 is 1.10 bits per heavy atom. The second-order valence-electron chi connectivity index (χ2n) is 7.61. The van der Waals surface area contributed by atoms with Crippen molar-refractivity contribution in [1.29, 1.82) is 0 Å². The summed E-state index contributed by atoms with van der Waals surface area (Å²) in [5.74, 6) is -0.264. The van der Waals surface area contributed by atoms with Crippen molar-refractivity contribution in [1.82, 2.24) is 9.21 Å². The zero-order chi connectivity index (χ0) is 21.1. The molecule has 2 aliphatic rings. The summed E-state index contributed by atoms with van der Waals surface area (Å²) < 4.78 is 32.9. The zero-order valence-electron chi connectivity index (χ0n) is 17.1. The quantitative estimate of drug-likeness (QED) is 0.678. The van der Waals surface area contributed by atoms with Gasteiger partial charge in [-0.15, -0.1) is 11.3 Å². The highest BCUT2D eigenvalue weighted by molar-refractivity contribution is 7.89. The van der Waals surface area contributed by atoms with Crippen molar-refractivity contribution < 1.29 is 17.9 Å². The van der Waals surface area contributed by atoms with Crippen LogP contribution in [0.1, 0.15) is 28.1 Å². The molecule has 0 spiro atoms. The summed E-state index contributed by atoms with van der Waals surface area (Å²) in [6, 6.07) is 9.60. The van der Waals surface area contributed by atoms with Crippen LogP contribution in [0.15, 0.2) is 40.6 Å². The molecule has 3 heterocycles. The Morgan fingerprint density at radius 3 is 2.53 bits per heavy atom. The summed E-state index contributed by atoms with van der Waals surface area (Å²) in [6.45, 7) is 4.47. The third-order valence-electron chi connectivity index (χ3n) is 5.60. The molecular weight excluding hydrogens is 422 g/mol. The molecule has 0 unspecified atom stereocenters. The van der Waals surface area contributed by atoms with Crippen molar-refractivity contribution in [3.8, 4) is 0 Å². The Balaban J connectivity index is 1.54. The highest BCUT2D eigenvalue weighted by Gasteiger charge is 2.32. The summed E-state index contributed by atoms with van der Waals surface area (Å²) in [5.41, 5.74) is 2.13. The summed E-state index contributed by atoms with van der Waals surface area (Å²) >= 11 is 1.19. The van der Waals surface area contributed by atoms with E-state index in [1.165, 1.54) is 15.6 Å². The molecule has 1 amide bonds. The first-order chi connectivity index (χ1) is 14.5. The molecule has 7 nitrogen and oxygen atoms in total. The minimum atomic E-state index is -3.63. The minimum Gasteiger partial charge on any atom is -0.378 e. The Kier molecular flexibility index (Phi) is 6.43. The molecule has 2 saturated heterocycles. The second-order valence-corrected chi connectivity index (χ2v) is 10.4. The Bertz CT molecular complexity index is 993. The van der Waals surface area contributed by atoms with Crippen LogP contribution in [-0.2, 0) is 21.3 Å². The van der Waals surface area contributed by atoms with Gasteiger partial charge in [-0.3, -0.25) is 4.79 Å². The number of rotatable bonds is 6. The van der Waals surface area contributed by atoms with Gasteiger partial charge in [0.05, 0.1) is 13.2 Å². The van der Waals surface area contributed by atoms with Gasteiger partial charge in [0.15, 0.2) is 0 Å². The van der Waals surface area contributed by atoms with Crippen LogP contribution in [0.25, 0.3) is 0 Å². The summed E-state index contributed by atoms with van der Waals surface area (Å²) in [7, 11) is -1.90. The first kappa shape index (κ1) is 21.3. The highest BCUT2D eigenvalue weighted by Crippen LogP contribution is 2.29. The van der Waals surface area contributed by atoms with E-state index in [-0.39, 0.29) is 15.7 Å². The van der Waals surface area contributed by atoms with Crippen molar-refractivity contribution in [2.75, 3.05) is 51.3 Å². The number of hydrogen-bond donors (Lipinski definition) is 0. The monoisotopic (exact) mass is 449 g/mol. The standard InChI is InChI=1S/C21H27N3O4S2/c1-22(16-17-6-2-3-7-18(17)23-11-13-28-14-12-23)21(25)20-19(8-15-29-20)30(26,27)24-9-4-5-10-24/h2-3,6-8,15H,4-5,9-14,16H2,1H3. The number of nitrogens with zero attached hydrogens (tertiary/aromatic N) is 3. The summed E-state index contributed by atoms with van der Waals surface area (Å²) in [6.07, 6.45) is 1.73. The van der Waals surface area contributed by atoms with Gasteiger partial charge in [-0.1, -0.05) is 18.2 Å². The third kappa shape index (κ3) is 4.25. The Labute approximate surface area is 181 Å². The van der Waals surface area contributed by atoms with Gasteiger partial charge in [-0.05, 0) is 35.9 Å². The van der Waals surface area contributed by atoms with Gasteiger partial charge in [0.2, 0.25) is 10.0 Å². The van der Waals surface area contributed by atoms with Crippen molar-refractivity contribution in [3.05, 3.63) is 46.2 Å². The molecule has 0 aliphatic carbocycles. The average molecular weight is 450 g/mol. The largest absolute Gasteiger partial charge is 0.378 e. The molecule has 162 valence electrons. The van der Waals surface area contributed by atoms with Crippen LogP contribution in [0, 0.1) is 0 Å². The smallest absolute Gasteiger partial charge is 0.265 e. The van der Waals surface area contributed by atoms with Crippen molar-refractivity contribution >= 4 is 33.0 Å². The first-order valence-corrected chi connectivity index (χ1v) is 12.5. The predicted molar refractivity (Wildman–Crippen MR) is 118 cm³/mol. The van der Waals surface area contributed by atoms with E-state index in [0.717, 1.165) is 37.2 Å². The van der Waals surface area contributed by atoms with Gasteiger partial charge in [-0.2, -0.15) is 4.31 Å². The molecule has 0 N–H and O–H groups in total. The van der Waals surface area contributed by atoms with Crippen LogP contribution in [-0.4, -0.2) is 70.0 Å². The maximum atomic E-state index is 13.2. The number of para-hydroxylation sites is 1. The van der Waals surface area contributed by atoms with Crippen molar-refractivity contribution in [3.63, 3.8) is 0 Å². The zero-order valence-corrected chi connectivity index (χ0v) is 18.8. The lowest BCUT2D eigenvalue weighted by molar-refractivity contribution is 0.0786. The number of carbonyl (C=O) groups excluding carboxylic acids is 1. The maximum absolute atomic E-state index is 13.2. The van der Waals surface area contributed by atoms with E-state index in [0.29, 0.717) is 32.8 Å². The van der Waals surface area contributed by atoms with Crippen LogP contribution >= 0.6 is 11.3 Å². The number of carbonyl (C=O) groups is 1. The van der Waals surface area contributed by atoms with E-state index in [9.17, 15) is 13.2 Å². The molecule has 0 saturated carbocycles. The van der Waals surface area contributed by atoms with E-state index in [2.05, 4.69) is 11.0 Å². The predicted octanol–water partition coefficient (Wildman–Crippen LogP) is 2.64. The number of ether oxygens (including phenoxy) is 1. The fraction of sp³-hybridized carbons (Fsp3) is 0.476. The molecule has 2 fully saturated rings. The fourth-order valence-corrected chi connectivity index (χ4v) is 6.89. The molecule has 30 heavy (non-hydrogen) atoms. The normalized spacial score (nSPS) is 18.0. The van der Waals surface area contributed by atoms with Crippen LogP contribution in [0.2, 0.25) is 0 Å². The highest BCUT2D eigenvalue weighted by atomic mass is 32.2. The molecular formula is C21H27N3O4S2. The van der Waals surface area contributed by atoms with Gasteiger partial charge < -0.3 is 14.5 Å². The molecule has 2 aromatic rings. The number of thiophene rings is 1. The summed E-state index contributed by atoms with van der Waals surface area (Å²) in [5, 5.41) is 1.69. The molecule has 0 radical (unpaired) electrons. The van der Waals surface area contributed by atoms with E-state index in [1.54, 1.807) is 23.4 Å². The van der Waals surface area contributed by atoms with Gasteiger partial charge in [0.1, 0.15) is 9.77 Å². The van der Waals surface area contributed by atoms with Gasteiger partial charge >= 0.3 is 0 Å². The van der Waals surface area contributed by atoms with E-state index < -0.39 is 10.0 Å². The SMILES string of the molecule is CN(Cc1ccccc1N1CCOCC1)C(=O)c1sccc1S(=O)(=O)N1CCCC1. The van der Waals surface area contributed by atoms with Gasteiger partial charge in [-0.25, -0.2) is 8.42 Å². The number of hydrogen-bond acceptors (Lipinski definition) is 6. The van der Waals surface area contributed by atoms with E-state index >= 15 is 0 Å². The average Bonchev–Trinajstić information content (AvgIpc) is 3.47. The molecule has 4 rings (SSSR count). The lowest BCUT2D eigenvalue weighted by Crippen LogP contribution is -2.37. The van der Waals surface area contributed by atoms with Crippen molar-refractivity contribution in [2.45, 2.75) is 24.3 Å². The van der Waals surface area contributed by atoms with Crippen LogP contribution in [0.3, 0.4) is 0 Å². The lowest BCUT2D eigenvalue weighted by atomic mass is 10.1. The van der Waals surface area contributed by atoms with Crippen molar-refractivity contribution in [2.24, 2.45) is 0 Å². The number of benzene rings is 1.